The zero-order chi connectivity index (χ0) is 45.7. The highest BCUT2D eigenvalue weighted by Gasteiger charge is 2.14. The molecule has 0 aliphatic carbocycles. The van der Waals surface area contributed by atoms with E-state index in [-0.39, 0.29) is 11.9 Å². The van der Waals surface area contributed by atoms with Crippen molar-refractivity contribution in [3.8, 4) is 5.75 Å². The van der Waals surface area contributed by atoms with Crippen molar-refractivity contribution in [2.24, 2.45) is 0 Å². The number of hydrogen-bond donors (Lipinski definition) is 0. The molecule has 1 atom stereocenters. The predicted molar refractivity (Wildman–Crippen MR) is 254 cm³/mol. The van der Waals surface area contributed by atoms with E-state index in [1.165, 1.54) is 57.8 Å². The molecule has 1 unspecified atom stereocenters. The summed E-state index contributed by atoms with van der Waals surface area (Å²) < 4.78 is 72.4. The monoisotopic (exact) mass is 954 g/mol. The lowest BCUT2D eigenvalue weighted by atomic mass is 10.1. The van der Waals surface area contributed by atoms with E-state index in [2.05, 4.69) is 6.92 Å². The van der Waals surface area contributed by atoms with Crippen molar-refractivity contribution in [3.05, 3.63) is 29.3 Å². The van der Waals surface area contributed by atoms with Crippen LogP contribution in [0.4, 0.5) is 0 Å². The molecule has 0 radical (unpaired) electrons. The fourth-order valence-corrected chi connectivity index (χ4v) is 8.61. The van der Waals surface area contributed by atoms with Gasteiger partial charge in [-0.1, -0.05) is 86.3 Å². The number of hydrogen-bond acceptors (Lipinski definition) is 16. The Bertz CT molecular complexity index is 1260. The van der Waals surface area contributed by atoms with Crippen LogP contribution in [0.15, 0.2) is 18.2 Å². The van der Waals surface area contributed by atoms with E-state index >= 15 is 0 Å². The number of carbonyl (C=O) groups is 2. The predicted octanol–water partition coefficient (Wildman–Crippen LogP) is 9.61. The normalized spacial score (nSPS) is 12.4. The third-order valence-corrected chi connectivity index (χ3v) is 13.3. The van der Waals surface area contributed by atoms with Crippen molar-refractivity contribution in [1.29, 1.82) is 0 Å². The molecule has 0 saturated carbocycles. The van der Waals surface area contributed by atoms with E-state index < -0.39 is 7.37 Å². The van der Waals surface area contributed by atoms with Gasteiger partial charge in [0.1, 0.15) is 19.0 Å². The first-order valence-corrected chi connectivity index (χ1v) is 28.1. The van der Waals surface area contributed by atoms with Gasteiger partial charge in [-0.25, -0.2) is 4.79 Å². The highest BCUT2D eigenvalue weighted by molar-refractivity contribution is 8.76. The molecule has 0 aliphatic rings. The van der Waals surface area contributed by atoms with Crippen LogP contribution in [0.5, 0.6) is 5.75 Å². The molecular formula is C46H83O14PS2. The van der Waals surface area contributed by atoms with Gasteiger partial charge in [-0.2, -0.15) is 0 Å². The lowest BCUT2D eigenvalue weighted by Gasteiger charge is -2.12. The molecule has 0 heterocycles. The maximum atomic E-state index is 12.7. The lowest BCUT2D eigenvalue weighted by Crippen LogP contribution is -2.15. The second-order valence-electron chi connectivity index (χ2n) is 15.0. The molecule has 17 heteroatoms. The smallest absolute Gasteiger partial charge is 0.338 e. The number of carbonyl (C=O) groups excluding carboxylic acids is 2. The average molecular weight is 955 g/mol. The number of unbranched alkanes of at least 4 members (excludes halogenated alkanes) is 10. The molecule has 0 fully saturated rings. The third kappa shape index (κ3) is 40.6. The average Bonchev–Trinajstić information content (AvgIpc) is 3.26. The van der Waals surface area contributed by atoms with Crippen LogP contribution >= 0.6 is 29.0 Å². The quantitative estimate of drug-likeness (QED) is 0.0263. The number of rotatable bonds is 48. The third-order valence-electron chi connectivity index (χ3n) is 9.16. The first-order chi connectivity index (χ1) is 30.8. The number of aryl methyl sites for hydroxylation is 1. The second kappa shape index (κ2) is 44.4. The standard InChI is InChI=1S/C46H83O14PS2/c1-5-7-8-9-10-11-12-13-14-16-20-57-44-40-42(3)39-43(41-44)46(48)59-35-38-63-62-37-34-58-45(47)18-15-17-19-50-21-22-51-23-24-52-25-26-53-27-28-54-29-30-55-31-32-56-33-36-61(4,49)60-6-2/h39-41H,5-38H2,1-4H3. The maximum absolute atomic E-state index is 12.7. The molecule has 1 aromatic rings. The SMILES string of the molecule is CCCCCCCCCCCCOc1cc(C)cc(C(=O)OCCSSCCOC(=O)CCCCOCCOCCOCCOCCOCCOCCOCCP(C)(=O)OCC)c1. The molecule has 14 nitrogen and oxygen atoms in total. The minimum Gasteiger partial charge on any atom is -0.494 e. The van der Waals surface area contributed by atoms with Gasteiger partial charge in [0.25, 0.3) is 0 Å². The molecule has 0 bridgehead atoms. The Labute approximate surface area is 388 Å². The van der Waals surface area contributed by atoms with Gasteiger partial charge in [0.15, 0.2) is 0 Å². The van der Waals surface area contributed by atoms with Crippen LogP contribution < -0.4 is 4.74 Å². The largest absolute Gasteiger partial charge is 0.494 e. The van der Waals surface area contributed by atoms with Crippen LogP contribution in [0, 0.1) is 6.92 Å². The zero-order valence-corrected chi connectivity index (χ0v) is 41.8. The second-order valence-corrected chi connectivity index (χ2v) is 20.4. The Morgan fingerprint density at radius 2 is 0.984 bits per heavy atom. The summed E-state index contributed by atoms with van der Waals surface area (Å²) in [6.45, 7) is 16.0. The Hall–Kier alpha value is -1.43. The number of benzene rings is 1. The van der Waals surface area contributed by atoms with Crippen LogP contribution in [0.2, 0.25) is 0 Å². The first-order valence-electron chi connectivity index (χ1n) is 23.3. The van der Waals surface area contributed by atoms with Crippen LogP contribution in [0.25, 0.3) is 0 Å². The number of esters is 2. The van der Waals surface area contributed by atoms with Crippen LogP contribution in [0.1, 0.15) is 113 Å². The molecule has 0 saturated heterocycles. The molecule has 1 aromatic carbocycles. The molecule has 0 aliphatic heterocycles. The highest BCUT2D eigenvalue weighted by atomic mass is 33.1. The first kappa shape index (κ1) is 59.6. The van der Waals surface area contributed by atoms with Crippen LogP contribution in [-0.4, -0.2) is 155 Å². The van der Waals surface area contributed by atoms with Gasteiger partial charge in [0.05, 0.1) is 105 Å². The van der Waals surface area contributed by atoms with Crippen molar-refractivity contribution in [2.75, 3.05) is 143 Å². The van der Waals surface area contributed by atoms with E-state index in [1.807, 2.05) is 26.0 Å². The van der Waals surface area contributed by atoms with E-state index in [0.29, 0.717) is 161 Å². The summed E-state index contributed by atoms with van der Waals surface area (Å²) in [7, 11) is 0.638. The van der Waals surface area contributed by atoms with Crippen molar-refractivity contribution >= 4 is 40.9 Å². The summed E-state index contributed by atoms with van der Waals surface area (Å²) >= 11 is 0. The van der Waals surface area contributed by atoms with E-state index in [0.717, 1.165) is 18.4 Å². The van der Waals surface area contributed by atoms with E-state index in [9.17, 15) is 14.2 Å². The molecule has 63 heavy (non-hydrogen) atoms. The minimum absolute atomic E-state index is 0.206. The summed E-state index contributed by atoms with van der Waals surface area (Å²) in [4.78, 5) is 24.7. The molecule has 0 aromatic heterocycles. The Balaban J connectivity index is 1.83. The van der Waals surface area contributed by atoms with Crippen molar-refractivity contribution in [3.63, 3.8) is 0 Å². The molecule has 0 spiro atoms. The van der Waals surface area contributed by atoms with E-state index in [4.69, 9.17) is 51.9 Å². The summed E-state index contributed by atoms with van der Waals surface area (Å²) in [6.07, 6.45) is 15.0. The molecule has 0 amide bonds. The minimum atomic E-state index is -2.54. The molecule has 0 N–H and O–H groups in total. The van der Waals surface area contributed by atoms with Crippen LogP contribution in [0.3, 0.4) is 0 Å². The summed E-state index contributed by atoms with van der Waals surface area (Å²) in [5.41, 5.74) is 1.48. The van der Waals surface area contributed by atoms with Gasteiger partial charge < -0.3 is 51.9 Å². The van der Waals surface area contributed by atoms with Gasteiger partial charge in [-0.05, 0) is 56.9 Å². The van der Waals surface area contributed by atoms with Crippen molar-refractivity contribution in [1.82, 2.24) is 0 Å². The fourth-order valence-electron chi connectivity index (χ4n) is 5.82. The summed E-state index contributed by atoms with van der Waals surface area (Å²) in [5, 5.41) is 0. The summed E-state index contributed by atoms with van der Waals surface area (Å²) in [5.74, 6) is 1.47. The zero-order valence-electron chi connectivity index (χ0n) is 39.3. The number of ether oxygens (including phenoxy) is 10. The van der Waals surface area contributed by atoms with Gasteiger partial charge >= 0.3 is 11.9 Å². The van der Waals surface area contributed by atoms with Gasteiger partial charge in [0.2, 0.25) is 7.37 Å². The van der Waals surface area contributed by atoms with E-state index in [1.54, 1.807) is 34.3 Å². The Morgan fingerprint density at radius 1 is 0.524 bits per heavy atom. The van der Waals surface area contributed by atoms with Crippen molar-refractivity contribution in [2.45, 2.75) is 104 Å². The fraction of sp³-hybridized carbons (Fsp3) is 0.826. The Morgan fingerprint density at radius 3 is 1.51 bits per heavy atom. The summed E-state index contributed by atoms with van der Waals surface area (Å²) in [6, 6.07) is 5.56. The van der Waals surface area contributed by atoms with Gasteiger partial charge in [0, 0.05) is 37.4 Å². The van der Waals surface area contributed by atoms with Gasteiger partial charge in [-0.3, -0.25) is 9.36 Å². The maximum Gasteiger partial charge on any atom is 0.338 e. The van der Waals surface area contributed by atoms with Crippen LogP contribution in [-0.2, 0) is 56.5 Å². The van der Waals surface area contributed by atoms with Crippen molar-refractivity contribution < 1.29 is 66.0 Å². The molecule has 1 rings (SSSR count). The molecular weight excluding hydrogens is 872 g/mol. The van der Waals surface area contributed by atoms with Gasteiger partial charge in [-0.15, -0.1) is 0 Å². The molecule has 368 valence electrons. The Kier molecular flexibility index (Phi) is 42.0. The highest BCUT2D eigenvalue weighted by Crippen LogP contribution is 2.41. The topological polar surface area (TPSA) is 153 Å². The lowest BCUT2D eigenvalue weighted by molar-refractivity contribution is -0.143.